The third-order valence-corrected chi connectivity index (χ3v) is 18.7. The van der Waals surface area contributed by atoms with Gasteiger partial charge in [0, 0.05) is 11.3 Å². The first-order valence-electron chi connectivity index (χ1n) is 30.6. The predicted molar refractivity (Wildman–Crippen MR) is 384 cm³/mol. The van der Waals surface area contributed by atoms with Gasteiger partial charge in [-0.15, -0.1) is 0 Å². The SMILES string of the molecule is C1=CB2c3cc4c(ccc5ccccc54)cc3C=CN2C=C1.C1=CB2c3cc4cc5ccccc5cc4cc3C=CN2C=C1.C1=CB2c3cc4ccc5ccccc5c4cc3C=CN2C=C1.C1=CB2c3cc4ccccc4cc3-c3ccccc3N2C=C1. The van der Waals surface area contributed by atoms with Crippen molar-refractivity contribution in [2.24, 2.45) is 0 Å². The maximum absolute atomic E-state index is 2.37. The summed E-state index contributed by atoms with van der Waals surface area (Å²) < 4.78 is 0. The second-order valence-corrected chi connectivity index (χ2v) is 23.7. The van der Waals surface area contributed by atoms with Crippen LogP contribution in [0.4, 0.5) is 5.69 Å². The number of fused-ring (bicyclic) bond motifs is 24. The van der Waals surface area contributed by atoms with Crippen molar-refractivity contribution >= 4 is 149 Å². The van der Waals surface area contributed by atoms with Crippen LogP contribution in [0.3, 0.4) is 0 Å². The number of anilines is 1. The van der Waals surface area contributed by atoms with Crippen molar-refractivity contribution in [3.8, 4) is 11.1 Å². The second-order valence-electron chi connectivity index (χ2n) is 23.7. The molecule has 0 bridgehead atoms. The fraction of sp³-hybridized carbons (Fsp3) is 0. The number of nitrogens with zero attached hydrogens (tertiary/aromatic N) is 4. The Morgan fingerprint density at radius 1 is 0.227 bits per heavy atom. The van der Waals surface area contributed by atoms with E-state index in [1.165, 1.54) is 131 Å². The van der Waals surface area contributed by atoms with Gasteiger partial charge in [-0.05, 0) is 248 Å². The Labute approximate surface area is 514 Å². The van der Waals surface area contributed by atoms with Crippen molar-refractivity contribution in [1.82, 2.24) is 14.4 Å². The fourth-order valence-corrected chi connectivity index (χ4v) is 14.3. The van der Waals surface area contributed by atoms with Gasteiger partial charge in [0.15, 0.2) is 0 Å². The number of hydrogen-bond acceptors (Lipinski definition) is 4. The van der Waals surface area contributed by atoms with Gasteiger partial charge in [-0.3, -0.25) is 0 Å². The first-order chi connectivity index (χ1) is 43.6. The molecule has 88 heavy (non-hydrogen) atoms. The summed E-state index contributed by atoms with van der Waals surface area (Å²) in [6.45, 7) is 1.25. The highest BCUT2D eigenvalue weighted by Gasteiger charge is 2.34. The van der Waals surface area contributed by atoms with Crippen LogP contribution in [0.15, 0.2) is 322 Å². The molecule has 12 aromatic carbocycles. The molecule has 0 unspecified atom stereocenters. The molecule has 0 aliphatic carbocycles. The van der Waals surface area contributed by atoms with E-state index in [4.69, 9.17) is 0 Å². The molecular formula is C80H56B4N4. The van der Waals surface area contributed by atoms with E-state index in [1.807, 2.05) is 0 Å². The van der Waals surface area contributed by atoms with E-state index in [9.17, 15) is 0 Å². The van der Waals surface area contributed by atoms with E-state index >= 15 is 0 Å². The van der Waals surface area contributed by atoms with E-state index in [1.54, 1.807) is 0 Å². The van der Waals surface area contributed by atoms with Gasteiger partial charge < -0.3 is 19.2 Å². The minimum Gasteiger partial charge on any atom is -0.389 e. The molecule has 0 saturated heterocycles. The van der Waals surface area contributed by atoms with Crippen LogP contribution in [0, 0.1) is 0 Å². The topological polar surface area (TPSA) is 13.0 Å². The molecule has 0 saturated carbocycles. The van der Waals surface area contributed by atoms with Crippen LogP contribution in [0.2, 0.25) is 0 Å². The van der Waals surface area contributed by atoms with Crippen molar-refractivity contribution in [3.63, 3.8) is 0 Å². The number of hydrogen-bond donors (Lipinski definition) is 0. The third-order valence-electron chi connectivity index (χ3n) is 18.7. The highest BCUT2D eigenvalue weighted by Crippen LogP contribution is 2.38. The van der Waals surface area contributed by atoms with Crippen LogP contribution in [0.1, 0.15) is 16.7 Å². The van der Waals surface area contributed by atoms with Crippen molar-refractivity contribution in [2.75, 3.05) is 4.81 Å². The van der Waals surface area contributed by atoms with Crippen LogP contribution in [0.25, 0.3) is 105 Å². The van der Waals surface area contributed by atoms with Crippen molar-refractivity contribution in [2.45, 2.75) is 0 Å². The first-order valence-corrected chi connectivity index (χ1v) is 30.6. The van der Waals surface area contributed by atoms with Gasteiger partial charge in [0.25, 0.3) is 0 Å². The summed E-state index contributed by atoms with van der Waals surface area (Å²) in [5.41, 5.74) is 13.5. The average molecular weight is 1120 g/mol. The van der Waals surface area contributed by atoms with Gasteiger partial charge in [0.2, 0.25) is 0 Å². The number of rotatable bonds is 0. The molecule has 8 aliphatic rings. The Morgan fingerprint density at radius 3 is 1.22 bits per heavy atom. The monoisotopic (exact) mass is 1120 g/mol. The minimum atomic E-state index is 0.291. The van der Waals surface area contributed by atoms with Crippen LogP contribution in [-0.4, -0.2) is 41.8 Å². The highest BCUT2D eigenvalue weighted by atomic mass is 15.1. The standard InChI is InChI=1S/4C20H14BN/c1-2-8-16-14-19-18(13-15(16)7-1)17-9-3-4-10-20(17)22-12-6-5-11-21(19)22;1-2-6-18-15(5-1)7-8-16-14-20-17(13-19(16)18)9-12-22-11-4-3-10-21(20)22;1-2-6-18-15(5-1)7-8-16-13-17-9-12-22-11-4-3-10-21(22)20(17)14-19(16)18;1-2-6-16-12-19-14-20-17(13-18(19)11-15(16)5-1)7-10-22-9-4-3-8-21(20)22/h4*1-14H. The van der Waals surface area contributed by atoms with Crippen LogP contribution in [-0.2, 0) is 0 Å². The maximum atomic E-state index is 2.37. The van der Waals surface area contributed by atoms with Gasteiger partial charge in [-0.2, -0.15) is 0 Å². The molecule has 408 valence electrons. The molecule has 4 nitrogen and oxygen atoms in total. The lowest BCUT2D eigenvalue weighted by Gasteiger charge is -2.36. The molecule has 8 heterocycles. The summed E-state index contributed by atoms with van der Waals surface area (Å²) in [7, 11) is 0. The summed E-state index contributed by atoms with van der Waals surface area (Å²) in [5.74, 6) is 9.06. The lowest BCUT2D eigenvalue weighted by molar-refractivity contribution is 0.797. The Bertz CT molecular complexity index is 5210. The summed E-state index contributed by atoms with van der Waals surface area (Å²) in [5, 5.41) is 18.4. The van der Waals surface area contributed by atoms with Gasteiger partial charge in [-0.1, -0.05) is 212 Å². The van der Waals surface area contributed by atoms with E-state index < -0.39 is 0 Å². The molecule has 0 spiro atoms. The highest BCUT2D eigenvalue weighted by molar-refractivity contribution is 6.84. The molecule has 12 aromatic rings. The second kappa shape index (κ2) is 21.5. The zero-order valence-corrected chi connectivity index (χ0v) is 48.4. The maximum Gasteiger partial charge on any atom is 0.320 e. The smallest absolute Gasteiger partial charge is 0.320 e. The van der Waals surface area contributed by atoms with Crippen LogP contribution in [0.5, 0.6) is 0 Å². The zero-order chi connectivity index (χ0) is 58.1. The van der Waals surface area contributed by atoms with Gasteiger partial charge in [0.1, 0.15) is 0 Å². The molecule has 0 amide bonds. The molecule has 0 N–H and O–H groups in total. The quantitative estimate of drug-likeness (QED) is 0.0852. The Kier molecular flexibility index (Phi) is 12.6. The fourth-order valence-electron chi connectivity index (χ4n) is 14.3. The lowest BCUT2D eigenvalue weighted by atomic mass is 9.49. The molecule has 0 atom stereocenters. The van der Waals surface area contributed by atoms with E-state index in [2.05, 4.69) is 360 Å². The van der Waals surface area contributed by atoms with Crippen LogP contribution >= 0.6 is 0 Å². The molecule has 8 heteroatoms. The largest absolute Gasteiger partial charge is 0.389 e. The Balaban J connectivity index is 0.0000000910. The summed E-state index contributed by atoms with van der Waals surface area (Å²) in [4.78, 5) is 9.15. The summed E-state index contributed by atoms with van der Waals surface area (Å²) >= 11 is 0. The number of benzene rings is 12. The molecule has 8 aliphatic heterocycles. The van der Waals surface area contributed by atoms with Gasteiger partial charge in [0.05, 0.1) is 0 Å². The minimum absolute atomic E-state index is 0.291. The van der Waals surface area contributed by atoms with Gasteiger partial charge in [-0.25, -0.2) is 0 Å². The van der Waals surface area contributed by atoms with Gasteiger partial charge >= 0.3 is 27.4 Å². The van der Waals surface area contributed by atoms with E-state index in [-0.39, 0.29) is 0 Å². The number of allylic oxidation sites excluding steroid dienone is 8. The summed E-state index contributed by atoms with van der Waals surface area (Å²) in [6, 6.07) is 75.3. The lowest BCUT2D eigenvalue weighted by Crippen LogP contribution is -2.49. The summed E-state index contributed by atoms with van der Waals surface area (Å²) in [6.07, 6.45) is 38.6. The Morgan fingerprint density at radius 2 is 0.625 bits per heavy atom. The number of para-hydroxylation sites is 1. The van der Waals surface area contributed by atoms with E-state index in [0.717, 1.165) is 0 Å². The molecule has 0 fully saturated rings. The molecular weight excluding hydrogens is 1060 g/mol. The first kappa shape index (κ1) is 51.5. The van der Waals surface area contributed by atoms with Crippen molar-refractivity contribution in [3.05, 3.63) is 339 Å². The van der Waals surface area contributed by atoms with Crippen molar-refractivity contribution in [1.29, 1.82) is 0 Å². The van der Waals surface area contributed by atoms with E-state index in [0.29, 0.717) is 27.4 Å². The zero-order valence-electron chi connectivity index (χ0n) is 48.4. The molecule has 0 aromatic heterocycles. The normalized spacial score (nSPS) is 15.3. The van der Waals surface area contributed by atoms with Crippen molar-refractivity contribution < 1.29 is 0 Å². The van der Waals surface area contributed by atoms with Crippen LogP contribution < -0.4 is 26.7 Å². The predicted octanol–water partition coefficient (Wildman–Crippen LogP) is 16.4. The Hall–Kier alpha value is -10.9. The molecule has 0 radical (unpaired) electrons. The average Bonchev–Trinajstić information content (AvgIpc) is 1.15. The third kappa shape index (κ3) is 9.07. The molecule has 20 rings (SSSR count).